The summed E-state index contributed by atoms with van der Waals surface area (Å²) in [5.41, 5.74) is 0. The third-order valence-corrected chi connectivity index (χ3v) is 2.18. The quantitative estimate of drug-likeness (QED) is 0.454. The molecule has 16 heavy (non-hydrogen) atoms. The van der Waals surface area contributed by atoms with Crippen LogP contribution in [0.15, 0.2) is 0 Å². The Hall–Kier alpha value is 0.400. The second-order valence-corrected chi connectivity index (χ2v) is 4.95. The van der Waals surface area contributed by atoms with Crippen LogP contribution in [-0.4, -0.2) is 58.2 Å². The van der Waals surface area contributed by atoms with Crippen molar-refractivity contribution < 1.29 is 14.6 Å². The predicted octanol–water partition coefficient (Wildman–Crippen LogP) is 0.743. The van der Waals surface area contributed by atoms with Crippen LogP contribution in [0.3, 0.4) is 0 Å². The topological polar surface area (TPSA) is 41.9 Å². The molecule has 0 atom stereocenters. The summed E-state index contributed by atoms with van der Waals surface area (Å²) in [4.78, 5) is 1.97. The molecule has 0 heterocycles. The largest absolute Gasteiger partial charge is 0.477 e. The normalized spacial score (nSPS) is 10.2. The van der Waals surface area contributed by atoms with Gasteiger partial charge in [0.2, 0.25) is 8.77 Å². The van der Waals surface area contributed by atoms with Crippen LogP contribution >= 0.6 is 49.7 Å². The van der Waals surface area contributed by atoms with E-state index < -0.39 is 0 Å². The fourth-order valence-electron chi connectivity index (χ4n) is 1.00. The van der Waals surface area contributed by atoms with E-state index in [0.717, 1.165) is 0 Å². The maximum Gasteiger partial charge on any atom is 0.216 e. The van der Waals surface area contributed by atoms with Crippen molar-refractivity contribution >= 4 is 58.5 Å². The van der Waals surface area contributed by atoms with Gasteiger partial charge in [-0.1, -0.05) is 25.3 Å². The van der Waals surface area contributed by atoms with Crippen molar-refractivity contribution in [2.45, 2.75) is 0 Å². The average Bonchev–Trinajstić information content (AvgIpc) is 2.16. The Labute approximate surface area is 117 Å². The van der Waals surface area contributed by atoms with E-state index in [1.54, 1.807) is 0 Å². The minimum absolute atomic E-state index is 0.0800. The lowest BCUT2D eigenvalue weighted by Crippen LogP contribution is -2.33. The van der Waals surface area contributed by atoms with Crippen LogP contribution in [0.25, 0.3) is 0 Å². The number of thiol groups is 2. The number of hydrogen-bond acceptors (Lipinski definition) is 6. The zero-order chi connectivity index (χ0) is 12.4. The van der Waals surface area contributed by atoms with Gasteiger partial charge >= 0.3 is 0 Å². The van der Waals surface area contributed by atoms with Crippen LogP contribution in [0.2, 0.25) is 0 Å². The van der Waals surface area contributed by atoms with Gasteiger partial charge in [0.25, 0.3) is 0 Å². The summed E-state index contributed by atoms with van der Waals surface area (Å²) in [6, 6.07) is 0. The molecule has 0 saturated carbocycles. The van der Waals surface area contributed by atoms with Gasteiger partial charge in [-0.05, 0) is 24.4 Å². The molecule has 0 aliphatic rings. The Balaban J connectivity index is 3.69. The summed E-state index contributed by atoms with van der Waals surface area (Å²) < 4.78 is 10.5. The second-order valence-electron chi connectivity index (χ2n) is 2.79. The molecule has 0 saturated heterocycles. The summed E-state index contributed by atoms with van der Waals surface area (Å²) in [7, 11) is 0. The molecule has 0 spiro atoms. The van der Waals surface area contributed by atoms with E-state index in [-0.39, 0.29) is 15.4 Å². The van der Waals surface area contributed by atoms with E-state index in [4.69, 9.17) is 14.6 Å². The van der Waals surface area contributed by atoms with Crippen molar-refractivity contribution in [1.82, 2.24) is 4.90 Å². The van der Waals surface area contributed by atoms with Gasteiger partial charge in [-0.25, -0.2) is 0 Å². The Morgan fingerprint density at radius 1 is 1.00 bits per heavy atom. The van der Waals surface area contributed by atoms with Crippen molar-refractivity contribution in [1.29, 1.82) is 0 Å². The van der Waals surface area contributed by atoms with E-state index in [2.05, 4.69) is 49.7 Å². The lowest BCUT2D eigenvalue weighted by atomic mass is 10.4. The molecule has 0 aliphatic heterocycles. The van der Waals surface area contributed by atoms with Crippen LogP contribution in [0.1, 0.15) is 0 Å². The van der Waals surface area contributed by atoms with Gasteiger partial charge in [-0.2, -0.15) is 0 Å². The molecule has 0 amide bonds. The predicted molar refractivity (Wildman–Crippen MR) is 78.6 cm³/mol. The molecule has 0 unspecified atom stereocenters. The van der Waals surface area contributed by atoms with Gasteiger partial charge < -0.3 is 14.6 Å². The van der Waals surface area contributed by atoms with Gasteiger partial charge in [0, 0.05) is 19.6 Å². The average molecular weight is 301 g/mol. The first-order valence-electron chi connectivity index (χ1n) is 4.61. The number of nitrogens with zero attached hydrogens (tertiary/aromatic N) is 1. The maximum atomic E-state index is 8.85. The van der Waals surface area contributed by atoms with Crippen LogP contribution in [-0.2, 0) is 9.47 Å². The van der Waals surface area contributed by atoms with Gasteiger partial charge in [0.05, 0.1) is 6.61 Å². The fraction of sp³-hybridized carbons (Fsp3) is 0.750. The van der Waals surface area contributed by atoms with E-state index in [9.17, 15) is 0 Å². The highest BCUT2D eigenvalue weighted by Crippen LogP contribution is 1.94. The van der Waals surface area contributed by atoms with Crippen LogP contribution in [0.5, 0.6) is 0 Å². The number of aliphatic hydroxyl groups excluding tert-OH is 1. The van der Waals surface area contributed by atoms with E-state index in [1.165, 1.54) is 0 Å². The lowest BCUT2D eigenvalue weighted by Gasteiger charge is -2.20. The van der Waals surface area contributed by atoms with Crippen molar-refractivity contribution in [2.24, 2.45) is 0 Å². The zero-order valence-electron chi connectivity index (χ0n) is 8.66. The van der Waals surface area contributed by atoms with Gasteiger partial charge in [-0.3, -0.25) is 4.90 Å². The minimum atomic E-state index is 0.0800. The molecule has 4 nitrogen and oxygen atoms in total. The first-order chi connectivity index (χ1) is 7.56. The second kappa shape index (κ2) is 10.5. The Morgan fingerprint density at radius 3 is 1.75 bits per heavy atom. The third kappa shape index (κ3) is 10.9. The van der Waals surface area contributed by atoms with E-state index in [0.29, 0.717) is 32.8 Å². The van der Waals surface area contributed by atoms with Crippen LogP contribution < -0.4 is 0 Å². The first kappa shape index (κ1) is 16.4. The van der Waals surface area contributed by atoms with Crippen molar-refractivity contribution in [2.75, 3.05) is 39.5 Å². The summed E-state index contributed by atoms with van der Waals surface area (Å²) in [6.07, 6.45) is 0. The monoisotopic (exact) mass is 301 g/mol. The van der Waals surface area contributed by atoms with Gasteiger partial charge in [0.1, 0.15) is 13.2 Å². The smallest absolute Gasteiger partial charge is 0.216 e. The zero-order valence-corrected chi connectivity index (χ0v) is 12.1. The fourth-order valence-corrected chi connectivity index (χ4v) is 1.35. The molecule has 0 radical (unpaired) electrons. The highest BCUT2D eigenvalue weighted by Gasteiger charge is 2.05. The van der Waals surface area contributed by atoms with Crippen LogP contribution in [0, 0.1) is 0 Å². The highest BCUT2D eigenvalue weighted by molar-refractivity contribution is 8.10. The van der Waals surface area contributed by atoms with Crippen molar-refractivity contribution in [3.63, 3.8) is 0 Å². The summed E-state index contributed by atoms with van der Waals surface area (Å²) >= 11 is 17.0. The Kier molecular flexibility index (Phi) is 10.8. The number of thiocarbonyl (C=S) groups is 2. The molecule has 94 valence electrons. The Bertz CT molecular complexity index is 207. The summed E-state index contributed by atoms with van der Waals surface area (Å²) in [5.74, 6) is 0. The van der Waals surface area contributed by atoms with Crippen molar-refractivity contribution in [3.8, 4) is 0 Å². The van der Waals surface area contributed by atoms with E-state index >= 15 is 0 Å². The van der Waals surface area contributed by atoms with E-state index in [1.807, 2.05) is 4.90 Å². The molecular formula is C8H15NO3S4. The molecule has 0 aliphatic carbocycles. The molecule has 0 rings (SSSR count). The highest BCUT2D eigenvalue weighted by atomic mass is 32.1. The molecule has 8 heteroatoms. The molecule has 0 fully saturated rings. The van der Waals surface area contributed by atoms with Crippen molar-refractivity contribution in [3.05, 3.63) is 0 Å². The van der Waals surface area contributed by atoms with Gasteiger partial charge in [0.15, 0.2) is 0 Å². The number of hydrogen-bond donors (Lipinski definition) is 3. The van der Waals surface area contributed by atoms with Gasteiger partial charge in [-0.15, -0.1) is 0 Å². The maximum absolute atomic E-state index is 8.85. The SMILES string of the molecule is OCCN(CCOC(=S)S)CCOC(=S)S. The Morgan fingerprint density at radius 2 is 1.44 bits per heavy atom. The molecule has 1 N–H and O–H groups in total. The third-order valence-electron chi connectivity index (χ3n) is 1.68. The standard InChI is InChI=1S/C8H15NO3S4/c10-4-1-9(2-5-11-7(13)14)3-6-12-8(15)16/h10H,1-6H2,(H,13,14)(H,15,16). The molecular weight excluding hydrogens is 286 g/mol. The van der Waals surface area contributed by atoms with Crippen LogP contribution in [0.4, 0.5) is 0 Å². The number of rotatable bonds is 8. The number of aliphatic hydroxyl groups is 1. The lowest BCUT2D eigenvalue weighted by molar-refractivity contribution is 0.146. The number of ether oxygens (including phenoxy) is 2. The molecule has 0 aromatic rings. The molecule has 0 aromatic heterocycles. The molecule has 0 aromatic carbocycles. The summed E-state index contributed by atoms with van der Waals surface area (Å²) in [5, 5.41) is 8.85. The molecule has 0 bridgehead atoms. The first-order valence-corrected chi connectivity index (χ1v) is 6.32. The summed E-state index contributed by atoms with van der Waals surface area (Å²) in [6.45, 7) is 2.79. The minimum Gasteiger partial charge on any atom is -0.477 e.